The van der Waals surface area contributed by atoms with Crippen LogP contribution in [0.1, 0.15) is 26.7 Å². The van der Waals surface area contributed by atoms with Crippen molar-refractivity contribution in [3.63, 3.8) is 0 Å². The van der Waals surface area contributed by atoms with E-state index in [0.29, 0.717) is 0 Å². The van der Waals surface area contributed by atoms with Gasteiger partial charge in [0.1, 0.15) is 0 Å². The van der Waals surface area contributed by atoms with Crippen LogP contribution in [0.4, 0.5) is 0 Å². The minimum Gasteiger partial charge on any atom is -0.285 e. The molecule has 0 rings (SSSR count). The van der Waals surface area contributed by atoms with Crippen molar-refractivity contribution in [1.82, 2.24) is 0 Å². The second-order valence-corrected chi connectivity index (χ2v) is 3.82. The molecule has 0 spiro atoms. The van der Waals surface area contributed by atoms with Crippen LogP contribution in [-0.4, -0.2) is 18.7 Å². The maximum atomic E-state index is 10.3. The summed E-state index contributed by atoms with van der Waals surface area (Å²) in [6, 6.07) is 0. The molecule has 0 saturated carbocycles. The van der Waals surface area contributed by atoms with Crippen LogP contribution >= 0.6 is 0 Å². The third-order valence-electron chi connectivity index (χ3n) is 1.49. The quantitative estimate of drug-likeness (QED) is 0.525. The molecule has 0 aliphatic heterocycles. The molecule has 1 N–H and O–H groups in total. The Kier molecular flexibility index (Phi) is 4.37. The first-order valence-corrected chi connectivity index (χ1v) is 5.23. The number of hydrogen-bond donors (Lipinski definition) is 1. The van der Waals surface area contributed by atoms with Crippen molar-refractivity contribution in [1.29, 1.82) is 0 Å². The summed E-state index contributed by atoms with van der Waals surface area (Å²) in [5, 5.41) is 0. The van der Waals surface area contributed by atoms with Gasteiger partial charge in [0.2, 0.25) is 0 Å². The Morgan fingerprint density at radius 1 is 1.36 bits per heavy atom. The standard InChI is InChI=1S/C7H14O3S/c1-3-7(4-2)5-6-11(8,9)10/h5H,3-4,6H2,1-2H3,(H,8,9,10). The van der Waals surface area contributed by atoms with Gasteiger partial charge in [-0.25, -0.2) is 0 Å². The summed E-state index contributed by atoms with van der Waals surface area (Å²) < 4.78 is 28.9. The Bertz CT molecular complexity index is 220. The first-order chi connectivity index (χ1) is 4.99. The van der Waals surface area contributed by atoms with E-state index < -0.39 is 10.1 Å². The smallest absolute Gasteiger partial charge is 0.268 e. The summed E-state index contributed by atoms with van der Waals surface area (Å²) in [5.41, 5.74) is 1.06. The van der Waals surface area contributed by atoms with Crippen LogP contribution in [0.25, 0.3) is 0 Å². The van der Waals surface area contributed by atoms with Gasteiger partial charge in [0.25, 0.3) is 10.1 Å². The third kappa shape index (κ3) is 6.06. The molecule has 0 aromatic carbocycles. The van der Waals surface area contributed by atoms with Crippen LogP contribution in [0.15, 0.2) is 11.6 Å². The Balaban J connectivity index is 4.11. The van der Waals surface area contributed by atoms with Gasteiger partial charge >= 0.3 is 0 Å². The van der Waals surface area contributed by atoms with Gasteiger partial charge in [-0.1, -0.05) is 25.5 Å². The lowest BCUT2D eigenvalue weighted by molar-refractivity contribution is 0.486. The van der Waals surface area contributed by atoms with Crippen molar-refractivity contribution in [2.75, 3.05) is 5.75 Å². The fourth-order valence-corrected chi connectivity index (χ4v) is 1.21. The second-order valence-electron chi connectivity index (χ2n) is 2.32. The normalized spacial score (nSPS) is 11.2. The summed E-state index contributed by atoms with van der Waals surface area (Å²) in [5.74, 6) is -0.260. The van der Waals surface area contributed by atoms with Gasteiger partial charge in [0.15, 0.2) is 0 Å². The predicted molar refractivity (Wildman–Crippen MR) is 45.1 cm³/mol. The van der Waals surface area contributed by atoms with Crippen molar-refractivity contribution in [3.05, 3.63) is 11.6 Å². The summed E-state index contributed by atoms with van der Waals surface area (Å²) in [4.78, 5) is 0. The van der Waals surface area contributed by atoms with Crippen LogP contribution < -0.4 is 0 Å². The molecule has 11 heavy (non-hydrogen) atoms. The molecule has 3 nitrogen and oxygen atoms in total. The van der Waals surface area contributed by atoms with E-state index in [0.717, 1.165) is 18.4 Å². The van der Waals surface area contributed by atoms with E-state index in [-0.39, 0.29) is 5.75 Å². The Morgan fingerprint density at radius 2 is 1.82 bits per heavy atom. The van der Waals surface area contributed by atoms with Crippen molar-refractivity contribution in [2.45, 2.75) is 26.7 Å². The molecule has 0 aromatic heterocycles. The molecule has 0 heterocycles. The summed E-state index contributed by atoms with van der Waals surface area (Å²) in [6.07, 6.45) is 3.24. The van der Waals surface area contributed by atoms with Gasteiger partial charge in [-0.2, -0.15) is 8.42 Å². The summed E-state index contributed by atoms with van der Waals surface area (Å²) in [6.45, 7) is 3.92. The highest BCUT2D eigenvalue weighted by atomic mass is 32.2. The van der Waals surface area contributed by atoms with Gasteiger partial charge in [0.05, 0.1) is 5.75 Å². The zero-order valence-electron chi connectivity index (χ0n) is 6.87. The molecule has 66 valence electrons. The number of rotatable bonds is 4. The highest BCUT2D eigenvalue weighted by Crippen LogP contribution is 2.05. The van der Waals surface area contributed by atoms with E-state index in [1.807, 2.05) is 13.8 Å². The molecule has 0 amide bonds. The van der Waals surface area contributed by atoms with Crippen molar-refractivity contribution in [3.8, 4) is 0 Å². The third-order valence-corrected chi connectivity index (χ3v) is 2.08. The van der Waals surface area contributed by atoms with E-state index in [1.54, 1.807) is 6.08 Å². The lowest BCUT2D eigenvalue weighted by atomic mass is 10.1. The molecule has 0 fully saturated rings. The fraction of sp³-hybridized carbons (Fsp3) is 0.714. The molecule has 4 heteroatoms. The second kappa shape index (κ2) is 4.51. The SMILES string of the molecule is CCC(=CCS(=O)(=O)O)CC. The van der Waals surface area contributed by atoms with Gasteiger partial charge in [0, 0.05) is 0 Å². The zero-order chi connectivity index (χ0) is 8.91. The van der Waals surface area contributed by atoms with Gasteiger partial charge < -0.3 is 0 Å². The molecular weight excluding hydrogens is 164 g/mol. The minimum absolute atomic E-state index is 0.260. The number of allylic oxidation sites excluding steroid dienone is 1. The van der Waals surface area contributed by atoms with Crippen molar-refractivity contribution >= 4 is 10.1 Å². The molecule has 0 aromatic rings. The lowest BCUT2D eigenvalue weighted by Gasteiger charge is -1.97. The van der Waals surface area contributed by atoms with E-state index in [9.17, 15) is 8.42 Å². The molecular formula is C7H14O3S. The average Bonchev–Trinajstić information content (AvgIpc) is 1.88. The average molecular weight is 178 g/mol. The van der Waals surface area contributed by atoms with Crippen molar-refractivity contribution < 1.29 is 13.0 Å². The molecule has 0 aliphatic rings. The monoisotopic (exact) mass is 178 g/mol. The van der Waals surface area contributed by atoms with Gasteiger partial charge in [-0.15, -0.1) is 0 Å². The Hall–Kier alpha value is -0.350. The molecule has 0 aliphatic carbocycles. The largest absolute Gasteiger partial charge is 0.285 e. The predicted octanol–water partition coefficient (Wildman–Crippen LogP) is 1.62. The first-order valence-electron chi connectivity index (χ1n) is 3.62. The highest BCUT2D eigenvalue weighted by molar-refractivity contribution is 7.85. The molecule has 0 radical (unpaired) electrons. The van der Waals surface area contributed by atoms with Crippen LogP contribution in [0.5, 0.6) is 0 Å². The van der Waals surface area contributed by atoms with Gasteiger partial charge in [-0.3, -0.25) is 4.55 Å². The molecule has 0 unspecified atom stereocenters. The van der Waals surface area contributed by atoms with Crippen LogP contribution in [0, 0.1) is 0 Å². The van der Waals surface area contributed by atoms with E-state index in [1.165, 1.54) is 0 Å². The topological polar surface area (TPSA) is 54.4 Å². The summed E-state index contributed by atoms with van der Waals surface area (Å²) in [7, 11) is -3.82. The molecule has 0 saturated heterocycles. The first kappa shape index (κ1) is 10.7. The van der Waals surface area contributed by atoms with Crippen LogP contribution in [-0.2, 0) is 10.1 Å². The van der Waals surface area contributed by atoms with E-state index in [4.69, 9.17) is 4.55 Å². The highest BCUT2D eigenvalue weighted by Gasteiger charge is 2.00. The lowest BCUT2D eigenvalue weighted by Crippen LogP contribution is -2.01. The Labute approximate surface area is 67.9 Å². The van der Waals surface area contributed by atoms with Crippen LogP contribution in [0.2, 0.25) is 0 Å². The van der Waals surface area contributed by atoms with E-state index >= 15 is 0 Å². The Morgan fingerprint density at radius 3 is 2.09 bits per heavy atom. The van der Waals surface area contributed by atoms with E-state index in [2.05, 4.69) is 0 Å². The zero-order valence-corrected chi connectivity index (χ0v) is 7.69. The maximum absolute atomic E-state index is 10.3. The van der Waals surface area contributed by atoms with Gasteiger partial charge in [-0.05, 0) is 12.8 Å². The molecule has 0 bridgehead atoms. The minimum atomic E-state index is -3.82. The van der Waals surface area contributed by atoms with Crippen LogP contribution in [0.3, 0.4) is 0 Å². The van der Waals surface area contributed by atoms with Crippen molar-refractivity contribution in [2.24, 2.45) is 0 Å². The number of hydrogen-bond acceptors (Lipinski definition) is 2. The fourth-order valence-electron chi connectivity index (χ4n) is 0.762. The summed E-state index contributed by atoms with van der Waals surface area (Å²) >= 11 is 0. The maximum Gasteiger partial charge on any atom is 0.268 e. The molecule has 0 atom stereocenters.